The van der Waals surface area contributed by atoms with Crippen LogP contribution >= 0.6 is 0 Å². The lowest BCUT2D eigenvalue weighted by molar-refractivity contribution is 1.08. The average molecular weight is 686 g/mol. The predicted octanol–water partition coefficient (Wildman–Crippen LogP) is 13.5. The molecule has 0 fully saturated rings. The quantitative estimate of drug-likeness (QED) is 0.137. The molecule has 0 unspecified atom stereocenters. The molecule has 0 radical (unpaired) electrons. The lowest BCUT2D eigenvalue weighted by atomic mass is 9.92. The second-order valence-electron chi connectivity index (χ2n) is 14.0. The van der Waals surface area contributed by atoms with Crippen LogP contribution < -0.4 is 0 Å². The van der Waals surface area contributed by atoms with Crippen molar-refractivity contribution in [2.75, 3.05) is 0 Å². The van der Waals surface area contributed by atoms with Gasteiger partial charge >= 0.3 is 0 Å². The van der Waals surface area contributed by atoms with E-state index in [0.29, 0.717) is 17.5 Å². The molecule has 11 rings (SSSR count). The van der Waals surface area contributed by atoms with Crippen LogP contribution in [0, 0.1) is 0 Å². The van der Waals surface area contributed by atoms with Crippen LogP contribution in [-0.2, 0) is 0 Å². The fourth-order valence-electron chi connectivity index (χ4n) is 8.31. The minimum atomic E-state index is 0.639. The van der Waals surface area contributed by atoms with E-state index in [2.05, 4.69) is 182 Å². The van der Waals surface area contributed by atoms with Crippen molar-refractivity contribution in [2.45, 2.75) is 0 Å². The zero-order valence-corrected chi connectivity index (χ0v) is 29.2. The summed E-state index contributed by atoms with van der Waals surface area (Å²) in [7, 11) is 0. The highest BCUT2D eigenvalue weighted by molar-refractivity contribution is 6.20. The number of hydrogen-bond acceptors (Lipinski definition) is 3. The van der Waals surface area contributed by atoms with Crippen LogP contribution in [0.2, 0.25) is 0 Å². The van der Waals surface area contributed by atoms with Gasteiger partial charge in [0.05, 0.1) is 0 Å². The van der Waals surface area contributed by atoms with Crippen molar-refractivity contribution in [1.82, 2.24) is 15.0 Å². The van der Waals surface area contributed by atoms with Crippen LogP contribution in [0.25, 0.3) is 110 Å². The summed E-state index contributed by atoms with van der Waals surface area (Å²) >= 11 is 0. The van der Waals surface area contributed by atoms with Gasteiger partial charge in [-0.05, 0) is 87.9 Å². The summed E-state index contributed by atoms with van der Waals surface area (Å²) in [5.74, 6) is 1.93. The monoisotopic (exact) mass is 685 g/mol. The predicted molar refractivity (Wildman–Crippen MR) is 227 cm³/mol. The van der Waals surface area contributed by atoms with Gasteiger partial charge in [0.1, 0.15) is 0 Å². The Morgan fingerprint density at radius 2 is 0.741 bits per heavy atom. The molecular formula is C51H31N3. The number of fused-ring (bicyclic) bond motifs is 9. The van der Waals surface area contributed by atoms with Gasteiger partial charge in [-0.15, -0.1) is 0 Å². The Morgan fingerprint density at radius 1 is 0.241 bits per heavy atom. The maximum absolute atomic E-state index is 5.38. The van der Waals surface area contributed by atoms with Crippen LogP contribution in [0.1, 0.15) is 0 Å². The first-order valence-corrected chi connectivity index (χ1v) is 18.4. The molecule has 0 aliphatic rings. The van der Waals surface area contributed by atoms with E-state index in [1.807, 2.05) is 6.07 Å². The van der Waals surface area contributed by atoms with Crippen molar-refractivity contribution in [1.29, 1.82) is 0 Å². The largest absolute Gasteiger partial charge is 0.208 e. The average Bonchev–Trinajstić information content (AvgIpc) is 3.25. The Morgan fingerprint density at radius 3 is 1.50 bits per heavy atom. The summed E-state index contributed by atoms with van der Waals surface area (Å²) < 4.78 is 0. The zero-order valence-electron chi connectivity index (χ0n) is 29.2. The fourth-order valence-corrected chi connectivity index (χ4v) is 8.31. The number of benzene rings is 10. The lowest BCUT2D eigenvalue weighted by Crippen LogP contribution is -2.02. The molecule has 0 aliphatic heterocycles. The van der Waals surface area contributed by atoms with Crippen molar-refractivity contribution in [3.05, 3.63) is 188 Å². The molecule has 0 amide bonds. The van der Waals surface area contributed by atoms with Gasteiger partial charge < -0.3 is 0 Å². The number of hydrogen-bond donors (Lipinski definition) is 0. The highest BCUT2D eigenvalue weighted by Crippen LogP contribution is 2.40. The molecule has 250 valence electrons. The molecule has 1 heterocycles. The van der Waals surface area contributed by atoms with E-state index < -0.39 is 0 Å². The van der Waals surface area contributed by atoms with Gasteiger partial charge in [0.25, 0.3) is 0 Å². The molecule has 0 atom stereocenters. The molecule has 0 bridgehead atoms. The topological polar surface area (TPSA) is 38.7 Å². The second-order valence-corrected chi connectivity index (χ2v) is 14.0. The highest BCUT2D eigenvalue weighted by atomic mass is 15.0. The summed E-state index contributed by atoms with van der Waals surface area (Å²) in [6.45, 7) is 0. The van der Waals surface area contributed by atoms with E-state index in [-0.39, 0.29) is 0 Å². The van der Waals surface area contributed by atoms with Crippen LogP contribution in [0.4, 0.5) is 0 Å². The van der Waals surface area contributed by atoms with Crippen LogP contribution in [0.15, 0.2) is 188 Å². The molecule has 0 N–H and O–H groups in total. The van der Waals surface area contributed by atoms with Gasteiger partial charge in [0.2, 0.25) is 0 Å². The molecule has 0 aliphatic carbocycles. The van der Waals surface area contributed by atoms with Crippen LogP contribution in [-0.4, -0.2) is 15.0 Å². The van der Waals surface area contributed by atoms with Crippen molar-refractivity contribution in [3.8, 4) is 45.3 Å². The van der Waals surface area contributed by atoms with Gasteiger partial charge in [0.15, 0.2) is 17.5 Å². The maximum atomic E-state index is 5.38. The number of nitrogens with zero attached hydrogens (tertiary/aromatic N) is 3. The van der Waals surface area contributed by atoms with E-state index in [0.717, 1.165) is 49.4 Å². The highest BCUT2D eigenvalue weighted by Gasteiger charge is 2.20. The standard InChI is InChI=1S/C51H31N3/c1-2-12-32(13-3-1)39-18-10-11-21-46(39)50-52-49(37-25-26-41-36(30-37)24-28-43-38-17-7-4-14-33(38)22-27-44(41)43)53-51(54-50)48-42-20-9-6-16-35(42)31-47-40-19-8-5-15-34(40)23-29-45(47)48/h1-31H. The van der Waals surface area contributed by atoms with Crippen LogP contribution in [0.5, 0.6) is 0 Å². The first-order valence-electron chi connectivity index (χ1n) is 18.4. The molecule has 3 nitrogen and oxygen atoms in total. The summed E-state index contributed by atoms with van der Waals surface area (Å²) in [5.41, 5.74) is 5.10. The van der Waals surface area contributed by atoms with E-state index in [9.17, 15) is 0 Å². The third-order valence-corrected chi connectivity index (χ3v) is 10.9. The fraction of sp³-hybridized carbons (Fsp3) is 0. The molecule has 0 saturated heterocycles. The SMILES string of the molecule is c1ccc(-c2ccccc2-c2nc(-c3ccc4c(ccc5c6ccccc6ccc45)c3)nc(-c3c4ccccc4cc4c3ccc3ccccc34)n2)cc1. The first-order chi connectivity index (χ1) is 26.8. The van der Waals surface area contributed by atoms with Gasteiger partial charge in [-0.1, -0.05) is 176 Å². The number of rotatable bonds is 4. The molecular weight excluding hydrogens is 655 g/mol. The third-order valence-electron chi connectivity index (χ3n) is 10.9. The molecule has 10 aromatic carbocycles. The summed E-state index contributed by atoms with van der Waals surface area (Å²) in [5, 5.41) is 14.3. The molecule has 3 heteroatoms. The lowest BCUT2D eigenvalue weighted by Gasteiger charge is -2.16. The summed E-state index contributed by atoms with van der Waals surface area (Å²) in [6.07, 6.45) is 0. The minimum Gasteiger partial charge on any atom is -0.208 e. The smallest absolute Gasteiger partial charge is 0.165 e. The van der Waals surface area contributed by atoms with Gasteiger partial charge in [-0.3, -0.25) is 0 Å². The molecule has 1 aromatic heterocycles. The Bertz CT molecular complexity index is 3280. The number of aromatic nitrogens is 3. The van der Waals surface area contributed by atoms with E-state index in [1.54, 1.807) is 0 Å². The van der Waals surface area contributed by atoms with E-state index in [1.165, 1.54) is 43.1 Å². The molecule has 11 aromatic rings. The normalized spacial score (nSPS) is 11.7. The van der Waals surface area contributed by atoms with Crippen molar-refractivity contribution < 1.29 is 0 Å². The zero-order chi connectivity index (χ0) is 35.6. The summed E-state index contributed by atoms with van der Waals surface area (Å²) in [4.78, 5) is 16.0. The van der Waals surface area contributed by atoms with Gasteiger partial charge in [-0.25, -0.2) is 15.0 Å². The first kappa shape index (κ1) is 30.4. The summed E-state index contributed by atoms with van der Waals surface area (Å²) in [6, 6.07) is 66.9. The maximum Gasteiger partial charge on any atom is 0.165 e. The van der Waals surface area contributed by atoms with E-state index >= 15 is 0 Å². The van der Waals surface area contributed by atoms with Crippen molar-refractivity contribution in [2.24, 2.45) is 0 Å². The third kappa shape index (κ3) is 4.87. The van der Waals surface area contributed by atoms with E-state index in [4.69, 9.17) is 15.0 Å². The Balaban J connectivity index is 1.20. The van der Waals surface area contributed by atoms with Crippen molar-refractivity contribution in [3.63, 3.8) is 0 Å². The molecule has 0 saturated carbocycles. The molecule has 54 heavy (non-hydrogen) atoms. The Labute approximate surface area is 311 Å². The second kappa shape index (κ2) is 12.2. The van der Waals surface area contributed by atoms with Crippen molar-refractivity contribution >= 4 is 64.6 Å². The Kier molecular flexibility index (Phi) is 6.86. The van der Waals surface area contributed by atoms with Gasteiger partial charge in [0, 0.05) is 16.7 Å². The van der Waals surface area contributed by atoms with Gasteiger partial charge in [-0.2, -0.15) is 0 Å². The molecule has 0 spiro atoms. The van der Waals surface area contributed by atoms with Crippen LogP contribution in [0.3, 0.4) is 0 Å². The minimum absolute atomic E-state index is 0.639. The Hall–Kier alpha value is -7.23.